The van der Waals surface area contributed by atoms with Gasteiger partial charge >= 0.3 is 0 Å². The van der Waals surface area contributed by atoms with Crippen molar-refractivity contribution in [1.29, 1.82) is 0 Å². The Morgan fingerprint density at radius 3 is 1.64 bits per heavy atom. The zero-order chi connectivity index (χ0) is 48.2. The highest BCUT2D eigenvalue weighted by molar-refractivity contribution is 6.12. The number of furan rings is 2. The highest BCUT2D eigenvalue weighted by atomic mass is 16.3. The molecule has 0 radical (unpaired) electrons. The van der Waals surface area contributed by atoms with Crippen molar-refractivity contribution in [2.75, 3.05) is 9.80 Å². The molecule has 3 atom stereocenters. The standard InChI is InChI=1S/C68H64N2O2/c1-41-27-33-49(39-43(41)3)69(61-25-13-23-55-53-21-11-19-51(65(53)71-67(55)61)45-15-7-5-8-16-45)59-37-31-47-30-36-58-60(38-32-48-29-35-57(59)63(47)64(48)58)70(50-34-28-42(2)44(4)40-50)62-26-14-24-56-54-22-12-20-52(66(54)72-68(56)62)46-17-9-6-10-18-46/h11-14,19-37,39-40,45-47,60,63H,5-10,15-18,38H2,1-4H3. The maximum atomic E-state index is 7.28. The zero-order valence-electron chi connectivity index (χ0n) is 42.3. The summed E-state index contributed by atoms with van der Waals surface area (Å²) in [4.78, 5) is 5.15. The number of aryl methyl sites for hydroxylation is 4. The van der Waals surface area contributed by atoms with Crippen LogP contribution in [0, 0.1) is 39.5 Å². The van der Waals surface area contributed by atoms with Crippen LogP contribution in [-0.4, -0.2) is 6.04 Å². The Morgan fingerprint density at radius 2 is 1.01 bits per heavy atom. The summed E-state index contributed by atoms with van der Waals surface area (Å²) in [6.07, 6.45) is 30.9. The van der Waals surface area contributed by atoms with Crippen LogP contribution in [0.4, 0.5) is 22.7 Å². The quantitative estimate of drug-likeness (QED) is 0.152. The van der Waals surface area contributed by atoms with Crippen LogP contribution in [0.15, 0.2) is 189 Å². The molecule has 2 saturated carbocycles. The minimum absolute atomic E-state index is 0.0419. The van der Waals surface area contributed by atoms with E-state index < -0.39 is 0 Å². The zero-order valence-corrected chi connectivity index (χ0v) is 42.3. The molecule has 4 nitrogen and oxygen atoms in total. The first-order valence-corrected chi connectivity index (χ1v) is 27.2. The second-order valence-electron chi connectivity index (χ2n) is 22.1. The first-order chi connectivity index (χ1) is 35.4. The summed E-state index contributed by atoms with van der Waals surface area (Å²) in [5.41, 5.74) is 23.3. The monoisotopic (exact) mass is 940 g/mol. The van der Waals surface area contributed by atoms with E-state index in [1.165, 1.54) is 153 Å². The molecule has 2 fully saturated rings. The van der Waals surface area contributed by atoms with Gasteiger partial charge in [0.05, 0.1) is 17.4 Å². The van der Waals surface area contributed by atoms with Gasteiger partial charge in [0.15, 0.2) is 11.2 Å². The van der Waals surface area contributed by atoms with Gasteiger partial charge in [0.25, 0.3) is 0 Å². The summed E-state index contributed by atoms with van der Waals surface area (Å²) in [6.45, 7) is 8.93. The molecule has 6 aliphatic carbocycles. The van der Waals surface area contributed by atoms with Crippen LogP contribution in [-0.2, 0) is 0 Å². The van der Waals surface area contributed by atoms with Crippen molar-refractivity contribution < 1.29 is 8.83 Å². The third-order valence-corrected chi connectivity index (χ3v) is 18.0. The van der Waals surface area contributed by atoms with E-state index in [2.05, 4.69) is 189 Å². The predicted molar refractivity (Wildman–Crippen MR) is 300 cm³/mol. The number of hydrogen-bond acceptors (Lipinski definition) is 4. The maximum Gasteiger partial charge on any atom is 0.159 e. The number of nitrogens with zero attached hydrogens (tertiary/aromatic N) is 2. The van der Waals surface area contributed by atoms with Gasteiger partial charge in [0, 0.05) is 50.5 Å². The van der Waals surface area contributed by atoms with E-state index in [1.807, 2.05) is 0 Å². The van der Waals surface area contributed by atoms with E-state index in [0.717, 1.165) is 45.8 Å². The van der Waals surface area contributed by atoms with Crippen LogP contribution in [0.2, 0.25) is 0 Å². The van der Waals surface area contributed by atoms with Gasteiger partial charge < -0.3 is 18.6 Å². The maximum absolute atomic E-state index is 7.28. The molecule has 72 heavy (non-hydrogen) atoms. The van der Waals surface area contributed by atoms with Crippen molar-refractivity contribution in [3.05, 3.63) is 213 Å². The number of anilines is 4. The molecular formula is C68H64N2O2. The van der Waals surface area contributed by atoms with Crippen LogP contribution < -0.4 is 9.80 Å². The second kappa shape index (κ2) is 17.3. The number of fused-ring (bicyclic) bond motifs is 6. The molecule has 4 heteroatoms. The van der Waals surface area contributed by atoms with E-state index in [1.54, 1.807) is 0 Å². The molecular weight excluding hydrogens is 877 g/mol. The van der Waals surface area contributed by atoms with Crippen LogP contribution >= 0.6 is 0 Å². The molecule has 8 aromatic rings. The highest BCUT2D eigenvalue weighted by Gasteiger charge is 2.42. The summed E-state index contributed by atoms with van der Waals surface area (Å²) in [7, 11) is 0. The summed E-state index contributed by atoms with van der Waals surface area (Å²) >= 11 is 0. The van der Waals surface area contributed by atoms with Crippen molar-refractivity contribution in [2.24, 2.45) is 11.8 Å². The molecule has 2 heterocycles. The molecule has 0 spiro atoms. The average molecular weight is 941 g/mol. The van der Waals surface area contributed by atoms with Crippen molar-refractivity contribution in [3.63, 3.8) is 0 Å². The van der Waals surface area contributed by atoms with Gasteiger partial charge in [-0.15, -0.1) is 0 Å². The van der Waals surface area contributed by atoms with Crippen molar-refractivity contribution >= 4 is 66.6 Å². The SMILES string of the molecule is Cc1ccc(N(C2=C3C=CC4=CCC(N(c5ccc(C)c(C)c5)c5cccc6c5oc5c(C7CCCCC7)cccc56)C5=C4C3C(C=C5)C=C2)c2cccc3c2oc2c(C4CCCCC4)cccc23)cc1C. The van der Waals surface area contributed by atoms with Gasteiger partial charge in [-0.2, -0.15) is 0 Å². The normalized spacial score (nSPS) is 21.1. The molecule has 0 aliphatic heterocycles. The van der Waals surface area contributed by atoms with E-state index in [9.17, 15) is 0 Å². The molecule has 0 saturated heterocycles. The number of rotatable bonds is 8. The lowest BCUT2D eigenvalue weighted by molar-refractivity contribution is 0.442. The fourth-order valence-corrected chi connectivity index (χ4v) is 14.0. The van der Waals surface area contributed by atoms with Crippen LogP contribution in [0.1, 0.15) is 116 Å². The molecule has 0 N–H and O–H groups in total. The Kier molecular flexibility index (Phi) is 10.5. The lowest BCUT2D eigenvalue weighted by atomic mass is 9.64. The number of allylic oxidation sites excluding steroid dienone is 8. The first-order valence-electron chi connectivity index (χ1n) is 27.2. The Balaban J connectivity index is 0.942. The highest BCUT2D eigenvalue weighted by Crippen LogP contribution is 2.54. The topological polar surface area (TPSA) is 32.8 Å². The minimum atomic E-state index is 0.0419. The van der Waals surface area contributed by atoms with E-state index in [0.29, 0.717) is 11.8 Å². The van der Waals surface area contributed by atoms with Gasteiger partial charge in [-0.3, -0.25) is 0 Å². The molecule has 0 amide bonds. The molecule has 3 unspecified atom stereocenters. The van der Waals surface area contributed by atoms with Gasteiger partial charge in [-0.25, -0.2) is 0 Å². The Bertz CT molecular complexity index is 3720. The largest absolute Gasteiger partial charge is 0.454 e. The Hall–Kier alpha value is -7.04. The smallest absolute Gasteiger partial charge is 0.159 e. The summed E-state index contributed by atoms with van der Waals surface area (Å²) in [6, 6.07) is 41.4. The van der Waals surface area contributed by atoms with Gasteiger partial charge in [-0.1, -0.05) is 148 Å². The van der Waals surface area contributed by atoms with E-state index >= 15 is 0 Å². The number of hydrogen-bond donors (Lipinski definition) is 0. The van der Waals surface area contributed by atoms with Gasteiger partial charge in [0.1, 0.15) is 11.2 Å². The molecule has 358 valence electrons. The van der Waals surface area contributed by atoms with Crippen LogP contribution in [0.25, 0.3) is 43.9 Å². The third kappa shape index (κ3) is 6.91. The van der Waals surface area contributed by atoms with E-state index in [4.69, 9.17) is 8.83 Å². The molecule has 0 bridgehead atoms. The van der Waals surface area contributed by atoms with Crippen molar-refractivity contribution in [1.82, 2.24) is 0 Å². The predicted octanol–water partition coefficient (Wildman–Crippen LogP) is 19.0. The first kappa shape index (κ1) is 43.7. The lowest BCUT2D eigenvalue weighted by Gasteiger charge is -2.45. The van der Waals surface area contributed by atoms with Crippen LogP contribution in [0.3, 0.4) is 0 Å². The summed E-state index contributed by atoms with van der Waals surface area (Å²) in [5.74, 6) is 1.46. The number of para-hydroxylation sites is 4. The third-order valence-electron chi connectivity index (χ3n) is 18.0. The number of benzene rings is 6. The van der Waals surface area contributed by atoms with Crippen molar-refractivity contribution in [2.45, 2.75) is 116 Å². The summed E-state index contributed by atoms with van der Waals surface area (Å²) < 4.78 is 14.5. The fraction of sp³-hybridized carbons (Fsp3) is 0.294. The van der Waals surface area contributed by atoms with E-state index in [-0.39, 0.29) is 17.9 Å². The Morgan fingerprint density at radius 1 is 0.472 bits per heavy atom. The van der Waals surface area contributed by atoms with Crippen LogP contribution in [0.5, 0.6) is 0 Å². The Labute approximate surface area is 424 Å². The summed E-state index contributed by atoms with van der Waals surface area (Å²) in [5, 5.41) is 4.82. The average Bonchev–Trinajstić information content (AvgIpc) is 4.01. The molecule has 6 aliphatic rings. The molecule has 6 aromatic carbocycles. The van der Waals surface area contributed by atoms with Gasteiger partial charge in [0.2, 0.25) is 0 Å². The van der Waals surface area contributed by atoms with Gasteiger partial charge in [-0.05, 0) is 170 Å². The fourth-order valence-electron chi connectivity index (χ4n) is 14.0. The lowest BCUT2D eigenvalue weighted by Crippen LogP contribution is -2.39. The molecule has 14 rings (SSSR count). The van der Waals surface area contributed by atoms with Crippen molar-refractivity contribution in [3.8, 4) is 0 Å². The second-order valence-corrected chi connectivity index (χ2v) is 22.1. The minimum Gasteiger partial charge on any atom is -0.454 e. The molecule has 2 aromatic heterocycles.